The first kappa shape index (κ1) is 19.2. The molecule has 0 heterocycles. The predicted octanol–water partition coefficient (Wildman–Crippen LogP) is 3.12. The van der Waals surface area contributed by atoms with Crippen molar-refractivity contribution in [2.75, 3.05) is 18.5 Å². The number of carbonyl (C=O) groups is 2. The Morgan fingerprint density at radius 1 is 1.19 bits per heavy atom. The number of non-ortho nitro benzene ring substituents is 1. The molecule has 0 spiro atoms. The first-order valence-corrected chi connectivity index (χ1v) is 7.82. The molecule has 9 heteroatoms. The molecule has 2 aromatic carbocycles. The van der Waals surface area contributed by atoms with Gasteiger partial charge < -0.3 is 14.8 Å². The van der Waals surface area contributed by atoms with E-state index >= 15 is 0 Å². The van der Waals surface area contributed by atoms with Gasteiger partial charge in [0.25, 0.3) is 11.6 Å². The topological polar surface area (TPSA) is 108 Å². The van der Waals surface area contributed by atoms with Crippen LogP contribution in [-0.2, 0) is 14.3 Å². The number of benzene rings is 2. The second-order valence-electron chi connectivity index (χ2n) is 5.18. The van der Waals surface area contributed by atoms with Gasteiger partial charge in [-0.25, -0.2) is 4.79 Å². The van der Waals surface area contributed by atoms with Gasteiger partial charge >= 0.3 is 5.97 Å². The van der Waals surface area contributed by atoms with Crippen LogP contribution in [-0.4, -0.2) is 30.0 Å². The van der Waals surface area contributed by atoms with Gasteiger partial charge in [-0.3, -0.25) is 14.9 Å². The number of nitrogens with one attached hydrogen (secondary N) is 1. The molecule has 26 heavy (non-hydrogen) atoms. The maximum Gasteiger partial charge on any atom is 0.344 e. The molecule has 0 aliphatic heterocycles. The standard InChI is InChI=1S/C17H15ClN2O6/c1-11-6-7-12(20(23)24)8-14(11)19-16(21)9-26-17(22)10-25-15-5-3-2-4-13(15)18/h2-8H,9-10H2,1H3,(H,19,21). The number of carbonyl (C=O) groups excluding carboxylic acids is 2. The summed E-state index contributed by atoms with van der Waals surface area (Å²) in [6.45, 7) is 0.725. The van der Waals surface area contributed by atoms with E-state index in [1.54, 1.807) is 31.2 Å². The second kappa shape index (κ2) is 8.82. The van der Waals surface area contributed by atoms with Crippen molar-refractivity contribution < 1.29 is 24.0 Å². The number of amides is 1. The van der Waals surface area contributed by atoms with E-state index in [9.17, 15) is 19.7 Å². The summed E-state index contributed by atoms with van der Waals surface area (Å²) in [5.41, 5.74) is 0.751. The van der Waals surface area contributed by atoms with Crippen LogP contribution in [0, 0.1) is 17.0 Å². The molecule has 0 saturated heterocycles. The molecule has 1 N–H and O–H groups in total. The monoisotopic (exact) mass is 378 g/mol. The third kappa shape index (κ3) is 5.45. The first-order valence-electron chi connectivity index (χ1n) is 7.44. The van der Waals surface area contributed by atoms with E-state index in [1.807, 2.05) is 0 Å². The molecule has 136 valence electrons. The number of nitrogens with zero attached hydrogens (tertiary/aromatic N) is 1. The summed E-state index contributed by atoms with van der Waals surface area (Å²) < 4.78 is 10.00. The Bertz CT molecular complexity index is 840. The Morgan fingerprint density at radius 2 is 1.92 bits per heavy atom. The minimum absolute atomic E-state index is 0.156. The first-order chi connectivity index (χ1) is 12.4. The van der Waals surface area contributed by atoms with Crippen molar-refractivity contribution in [3.05, 3.63) is 63.2 Å². The van der Waals surface area contributed by atoms with Crippen LogP contribution < -0.4 is 10.1 Å². The van der Waals surface area contributed by atoms with Crippen molar-refractivity contribution in [2.45, 2.75) is 6.92 Å². The quantitative estimate of drug-likeness (QED) is 0.450. The summed E-state index contributed by atoms with van der Waals surface area (Å²) >= 11 is 5.89. The van der Waals surface area contributed by atoms with Gasteiger partial charge in [-0.05, 0) is 24.6 Å². The number of hydrogen-bond acceptors (Lipinski definition) is 6. The van der Waals surface area contributed by atoms with Crippen LogP contribution in [0.25, 0.3) is 0 Å². The van der Waals surface area contributed by atoms with Crippen molar-refractivity contribution in [3.8, 4) is 5.75 Å². The lowest BCUT2D eigenvalue weighted by Gasteiger charge is -2.10. The third-order valence-electron chi connectivity index (χ3n) is 3.25. The molecular formula is C17H15ClN2O6. The predicted molar refractivity (Wildman–Crippen MR) is 94.4 cm³/mol. The normalized spacial score (nSPS) is 10.1. The summed E-state index contributed by atoms with van der Waals surface area (Å²) in [4.78, 5) is 33.7. The highest BCUT2D eigenvalue weighted by Crippen LogP contribution is 2.23. The van der Waals surface area contributed by atoms with E-state index in [1.165, 1.54) is 18.2 Å². The van der Waals surface area contributed by atoms with Crippen molar-refractivity contribution in [3.63, 3.8) is 0 Å². The number of aryl methyl sites for hydroxylation is 1. The highest BCUT2D eigenvalue weighted by molar-refractivity contribution is 6.32. The van der Waals surface area contributed by atoms with E-state index in [-0.39, 0.29) is 11.4 Å². The number of halogens is 1. The van der Waals surface area contributed by atoms with Crippen molar-refractivity contribution in [1.29, 1.82) is 0 Å². The summed E-state index contributed by atoms with van der Waals surface area (Å²) in [7, 11) is 0. The second-order valence-corrected chi connectivity index (χ2v) is 5.59. The average molecular weight is 379 g/mol. The Morgan fingerprint density at radius 3 is 2.62 bits per heavy atom. The minimum atomic E-state index is -0.754. The van der Waals surface area contributed by atoms with Gasteiger partial charge in [-0.15, -0.1) is 0 Å². The lowest BCUT2D eigenvalue weighted by molar-refractivity contribution is -0.384. The molecule has 0 unspecified atom stereocenters. The van der Waals surface area contributed by atoms with Crippen LogP contribution in [0.3, 0.4) is 0 Å². The lowest BCUT2D eigenvalue weighted by atomic mass is 10.2. The van der Waals surface area contributed by atoms with Gasteiger partial charge in [-0.1, -0.05) is 29.8 Å². The summed E-state index contributed by atoms with van der Waals surface area (Å²) in [6, 6.07) is 10.7. The Balaban J connectivity index is 1.83. The summed E-state index contributed by atoms with van der Waals surface area (Å²) in [6.07, 6.45) is 0. The zero-order valence-electron chi connectivity index (χ0n) is 13.7. The molecule has 2 rings (SSSR count). The van der Waals surface area contributed by atoms with E-state index in [0.29, 0.717) is 16.3 Å². The van der Waals surface area contributed by atoms with Gasteiger partial charge in [0.05, 0.1) is 15.6 Å². The number of ether oxygens (including phenoxy) is 2. The summed E-state index contributed by atoms with van der Waals surface area (Å²) in [5.74, 6) is -1.06. The smallest absolute Gasteiger partial charge is 0.344 e. The van der Waals surface area contributed by atoms with Crippen LogP contribution in [0.2, 0.25) is 5.02 Å². The molecule has 0 bridgehead atoms. The van der Waals surface area contributed by atoms with Crippen LogP contribution in [0.4, 0.5) is 11.4 Å². The maximum atomic E-state index is 11.9. The molecule has 0 aliphatic rings. The Hall–Kier alpha value is -3.13. The molecule has 0 atom stereocenters. The molecule has 0 radical (unpaired) electrons. The molecule has 0 fully saturated rings. The molecule has 0 saturated carbocycles. The minimum Gasteiger partial charge on any atom is -0.480 e. The highest BCUT2D eigenvalue weighted by atomic mass is 35.5. The largest absolute Gasteiger partial charge is 0.480 e. The Labute approximate surface area is 153 Å². The molecule has 1 amide bonds. The molecule has 8 nitrogen and oxygen atoms in total. The molecule has 0 aliphatic carbocycles. The molecular weight excluding hydrogens is 364 g/mol. The van der Waals surface area contributed by atoms with E-state index in [2.05, 4.69) is 5.32 Å². The number of anilines is 1. The maximum absolute atomic E-state index is 11.9. The van der Waals surface area contributed by atoms with E-state index in [0.717, 1.165) is 0 Å². The third-order valence-corrected chi connectivity index (χ3v) is 3.56. The number of para-hydroxylation sites is 1. The number of nitro groups is 1. The number of nitro benzene ring substituents is 1. The van der Waals surface area contributed by atoms with Crippen LogP contribution in [0.5, 0.6) is 5.75 Å². The van der Waals surface area contributed by atoms with Crippen molar-refractivity contribution in [2.24, 2.45) is 0 Å². The van der Waals surface area contributed by atoms with Gasteiger partial charge in [0.2, 0.25) is 0 Å². The Kier molecular flexibility index (Phi) is 6.51. The fourth-order valence-corrected chi connectivity index (χ4v) is 2.12. The fraction of sp³-hybridized carbons (Fsp3) is 0.176. The van der Waals surface area contributed by atoms with Crippen LogP contribution in [0.15, 0.2) is 42.5 Å². The van der Waals surface area contributed by atoms with Crippen molar-refractivity contribution in [1.82, 2.24) is 0 Å². The number of esters is 1. The number of rotatable bonds is 7. The van der Waals surface area contributed by atoms with Gasteiger partial charge in [0.1, 0.15) is 5.75 Å². The fourth-order valence-electron chi connectivity index (χ4n) is 1.93. The summed E-state index contributed by atoms with van der Waals surface area (Å²) in [5, 5.41) is 13.6. The van der Waals surface area contributed by atoms with E-state index in [4.69, 9.17) is 21.1 Å². The molecule has 2 aromatic rings. The van der Waals surface area contributed by atoms with Gasteiger partial charge in [0.15, 0.2) is 13.2 Å². The number of hydrogen-bond donors (Lipinski definition) is 1. The SMILES string of the molecule is Cc1ccc([N+](=O)[O-])cc1NC(=O)COC(=O)COc1ccccc1Cl. The van der Waals surface area contributed by atoms with E-state index < -0.39 is 30.0 Å². The van der Waals surface area contributed by atoms with Gasteiger partial charge in [0, 0.05) is 12.1 Å². The van der Waals surface area contributed by atoms with Crippen LogP contribution >= 0.6 is 11.6 Å². The van der Waals surface area contributed by atoms with Crippen LogP contribution in [0.1, 0.15) is 5.56 Å². The average Bonchev–Trinajstić information content (AvgIpc) is 2.61. The zero-order valence-corrected chi connectivity index (χ0v) is 14.5. The zero-order chi connectivity index (χ0) is 19.1. The highest BCUT2D eigenvalue weighted by Gasteiger charge is 2.13. The van der Waals surface area contributed by atoms with Crippen molar-refractivity contribution >= 4 is 34.9 Å². The van der Waals surface area contributed by atoms with Gasteiger partial charge in [-0.2, -0.15) is 0 Å². The lowest BCUT2D eigenvalue weighted by Crippen LogP contribution is -2.24. The molecule has 0 aromatic heterocycles.